The number of nitrogens with zero attached hydrogens (tertiary/aromatic N) is 4. The summed E-state index contributed by atoms with van der Waals surface area (Å²) in [5.74, 6) is 1.66. The number of benzene rings is 1. The summed E-state index contributed by atoms with van der Waals surface area (Å²) in [5.41, 5.74) is 0.0811. The quantitative estimate of drug-likeness (QED) is 0.705. The van der Waals surface area contributed by atoms with E-state index in [1.807, 2.05) is 28.9 Å². The molecular formula is C19H28N5O3+. The minimum Gasteiger partial charge on any atom is -0.496 e. The van der Waals surface area contributed by atoms with E-state index in [2.05, 4.69) is 15.5 Å². The van der Waals surface area contributed by atoms with Gasteiger partial charge in [0.05, 0.1) is 32.3 Å². The standard InChI is InChI=1S/C19H27N5O3/c1-26-10-9-24-18(20-21-22-24)13-23-14-7-8-15(23)12-19(25,11-14)16-5-3-4-6-17(16)27-2/h3-6,14-15,25H,7-13H2,1-2H3/p+1/t14-,15+,19?. The number of fused-ring (bicyclic) bond motifs is 2. The maximum Gasteiger partial charge on any atom is 0.206 e. The molecule has 2 bridgehead atoms. The molecule has 4 rings (SSSR count). The third kappa shape index (κ3) is 3.44. The minimum atomic E-state index is -0.829. The Balaban J connectivity index is 1.52. The smallest absolute Gasteiger partial charge is 0.206 e. The normalized spacial score (nSPS) is 29.8. The Morgan fingerprint density at radius 2 is 1.96 bits per heavy atom. The first-order chi connectivity index (χ1) is 13.1. The fourth-order valence-electron chi connectivity index (χ4n) is 4.89. The molecule has 2 aromatic rings. The van der Waals surface area contributed by atoms with Gasteiger partial charge in [0.2, 0.25) is 5.82 Å². The molecule has 2 aliphatic heterocycles. The number of aromatic nitrogens is 4. The molecule has 0 radical (unpaired) electrons. The highest BCUT2D eigenvalue weighted by Crippen LogP contribution is 2.42. The number of ether oxygens (including phenoxy) is 2. The van der Waals surface area contributed by atoms with Crippen LogP contribution in [0.3, 0.4) is 0 Å². The number of rotatable bonds is 7. The van der Waals surface area contributed by atoms with Crippen LogP contribution in [0.1, 0.15) is 37.1 Å². The maximum absolute atomic E-state index is 11.5. The van der Waals surface area contributed by atoms with Gasteiger partial charge in [0, 0.05) is 38.4 Å². The lowest BCUT2D eigenvalue weighted by Crippen LogP contribution is -3.17. The molecule has 8 nitrogen and oxygen atoms in total. The largest absolute Gasteiger partial charge is 0.496 e. The summed E-state index contributed by atoms with van der Waals surface area (Å²) in [4.78, 5) is 1.49. The van der Waals surface area contributed by atoms with Gasteiger partial charge >= 0.3 is 0 Å². The Hall–Kier alpha value is -2.03. The van der Waals surface area contributed by atoms with Crippen LogP contribution in [-0.2, 0) is 23.4 Å². The van der Waals surface area contributed by atoms with Crippen LogP contribution >= 0.6 is 0 Å². The summed E-state index contributed by atoms with van der Waals surface area (Å²) in [6, 6.07) is 8.63. The van der Waals surface area contributed by atoms with Crippen molar-refractivity contribution in [2.75, 3.05) is 20.8 Å². The number of para-hydroxylation sites is 1. The van der Waals surface area contributed by atoms with Crippen molar-refractivity contribution in [1.82, 2.24) is 20.2 Å². The Kier molecular flexibility index (Phi) is 5.12. The van der Waals surface area contributed by atoms with E-state index in [1.54, 1.807) is 14.2 Å². The highest BCUT2D eigenvalue weighted by atomic mass is 16.5. The fraction of sp³-hybridized carbons (Fsp3) is 0.632. The first kappa shape index (κ1) is 18.3. The highest BCUT2D eigenvalue weighted by Gasteiger charge is 2.52. The number of tetrazole rings is 1. The lowest BCUT2D eigenvalue weighted by molar-refractivity contribution is -0.958. The van der Waals surface area contributed by atoms with Gasteiger partial charge in [0.15, 0.2) is 0 Å². The van der Waals surface area contributed by atoms with Crippen LogP contribution in [0, 0.1) is 0 Å². The lowest BCUT2D eigenvalue weighted by Gasteiger charge is -2.41. The van der Waals surface area contributed by atoms with Crippen molar-refractivity contribution < 1.29 is 19.5 Å². The molecule has 0 saturated carbocycles. The molecular weight excluding hydrogens is 346 g/mol. The predicted molar refractivity (Wildman–Crippen MR) is 97.3 cm³/mol. The van der Waals surface area contributed by atoms with Crippen LogP contribution < -0.4 is 9.64 Å². The molecule has 2 unspecified atom stereocenters. The third-order valence-electron chi connectivity index (χ3n) is 6.16. The van der Waals surface area contributed by atoms with E-state index >= 15 is 0 Å². The van der Waals surface area contributed by atoms with E-state index in [0.717, 1.165) is 49.4 Å². The monoisotopic (exact) mass is 374 g/mol. The molecule has 0 aliphatic carbocycles. The second-order valence-corrected chi connectivity index (χ2v) is 7.67. The number of piperidine rings is 1. The predicted octanol–water partition coefficient (Wildman–Crippen LogP) is -0.0744. The Labute approximate surface area is 159 Å². The van der Waals surface area contributed by atoms with Crippen LogP contribution in [0.15, 0.2) is 24.3 Å². The Morgan fingerprint density at radius 1 is 1.22 bits per heavy atom. The topological polar surface area (TPSA) is 86.7 Å². The average Bonchev–Trinajstić information content (AvgIpc) is 3.22. The Bertz CT molecular complexity index is 766. The van der Waals surface area contributed by atoms with Gasteiger partial charge in [-0.3, -0.25) is 0 Å². The zero-order chi connectivity index (χ0) is 18.9. The number of methoxy groups -OCH3 is 2. The van der Waals surface area contributed by atoms with E-state index in [9.17, 15) is 5.11 Å². The van der Waals surface area contributed by atoms with Crippen molar-refractivity contribution in [1.29, 1.82) is 0 Å². The molecule has 146 valence electrons. The molecule has 2 saturated heterocycles. The van der Waals surface area contributed by atoms with Crippen LogP contribution in [0.25, 0.3) is 0 Å². The van der Waals surface area contributed by atoms with E-state index in [0.29, 0.717) is 25.2 Å². The summed E-state index contributed by atoms with van der Waals surface area (Å²) < 4.78 is 12.5. The molecule has 2 N–H and O–H groups in total. The van der Waals surface area contributed by atoms with Crippen molar-refractivity contribution in [3.8, 4) is 5.75 Å². The number of quaternary nitrogens is 1. The van der Waals surface area contributed by atoms with Gasteiger partial charge in [-0.05, 0) is 16.5 Å². The van der Waals surface area contributed by atoms with Crippen molar-refractivity contribution in [3.05, 3.63) is 35.7 Å². The van der Waals surface area contributed by atoms with Gasteiger partial charge in [0.1, 0.15) is 17.9 Å². The molecule has 1 aromatic heterocycles. The van der Waals surface area contributed by atoms with Gasteiger partial charge < -0.3 is 19.5 Å². The van der Waals surface area contributed by atoms with Gasteiger partial charge in [-0.1, -0.05) is 18.2 Å². The molecule has 8 heteroatoms. The van der Waals surface area contributed by atoms with Crippen LogP contribution in [-0.4, -0.2) is 58.2 Å². The van der Waals surface area contributed by atoms with E-state index in [4.69, 9.17) is 9.47 Å². The van der Waals surface area contributed by atoms with E-state index in [-0.39, 0.29) is 0 Å². The zero-order valence-electron chi connectivity index (χ0n) is 16.0. The second kappa shape index (κ2) is 7.53. The van der Waals surface area contributed by atoms with Crippen LogP contribution in [0.5, 0.6) is 5.75 Å². The minimum absolute atomic E-state index is 0.395. The molecule has 2 fully saturated rings. The number of aliphatic hydroxyl groups is 1. The summed E-state index contributed by atoms with van der Waals surface area (Å²) >= 11 is 0. The second-order valence-electron chi connectivity index (χ2n) is 7.67. The van der Waals surface area contributed by atoms with Gasteiger partial charge in [-0.15, -0.1) is 5.10 Å². The number of hydrogen-bond donors (Lipinski definition) is 2. The first-order valence-corrected chi connectivity index (χ1v) is 9.60. The third-order valence-corrected chi connectivity index (χ3v) is 6.16. The average molecular weight is 374 g/mol. The fourth-order valence-corrected chi connectivity index (χ4v) is 4.89. The SMILES string of the molecule is COCCn1nnnc1C[NH+]1[C@@H]2CC[C@H]1CC(O)(c1ccccc1OC)C2. The van der Waals surface area contributed by atoms with E-state index in [1.165, 1.54) is 4.90 Å². The highest BCUT2D eigenvalue weighted by molar-refractivity contribution is 5.38. The summed E-state index contributed by atoms with van der Waals surface area (Å²) in [7, 11) is 3.34. The molecule has 2 aliphatic rings. The number of nitrogens with one attached hydrogen (secondary N) is 1. The van der Waals surface area contributed by atoms with Gasteiger partial charge in [-0.2, -0.15) is 0 Å². The van der Waals surface area contributed by atoms with Crippen LogP contribution in [0.4, 0.5) is 0 Å². The summed E-state index contributed by atoms with van der Waals surface area (Å²) in [5, 5.41) is 23.6. The number of hydrogen-bond acceptors (Lipinski definition) is 6. The zero-order valence-corrected chi connectivity index (χ0v) is 16.0. The van der Waals surface area contributed by atoms with Gasteiger partial charge in [0.25, 0.3) is 0 Å². The van der Waals surface area contributed by atoms with Crippen molar-refractivity contribution in [2.24, 2.45) is 0 Å². The summed E-state index contributed by atoms with van der Waals surface area (Å²) in [6.45, 7) is 2.04. The molecule has 4 atom stereocenters. The molecule has 0 spiro atoms. The van der Waals surface area contributed by atoms with Crippen molar-refractivity contribution in [3.63, 3.8) is 0 Å². The molecule has 3 heterocycles. The lowest BCUT2D eigenvalue weighted by atomic mass is 9.80. The molecule has 0 amide bonds. The van der Waals surface area contributed by atoms with Crippen molar-refractivity contribution in [2.45, 2.75) is 56.5 Å². The Morgan fingerprint density at radius 3 is 2.67 bits per heavy atom. The maximum atomic E-state index is 11.5. The van der Waals surface area contributed by atoms with Gasteiger partial charge in [-0.25, -0.2) is 4.68 Å². The molecule has 1 aromatic carbocycles. The first-order valence-electron chi connectivity index (χ1n) is 9.60. The summed E-state index contributed by atoms with van der Waals surface area (Å²) in [6.07, 6.45) is 3.71. The molecule has 27 heavy (non-hydrogen) atoms. The van der Waals surface area contributed by atoms with E-state index < -0.39 is 5.60 Å². The van der Waals surface area contributed by atoms with Crippen LogP contribution in [0.2, 0.25) is 0 Å². The van der Waals surface area contributed by atoms with Crippen molar-refractivity contribution >= 4 is 0 Å².